The molecular weight excluding hydrogens is 460 g/mol. The first-order chi connectivity index (χ1) is 15.3. The van der Waals surface area contributed by atoms with Crippen molar-refractivity contribution in [2.45, 2.75) is 11.0 Å². The van der Waals surface area contributed by atoms with Gasteiger partial charge in [0, 0.05) is 32.2 Å². The smallest absolute Gasteiger partial charge is 0.258 e. The van der Waals surface area contributed by atoms with Gasteiger partial charge in [-0.1, -0.05) is 17.7 Å². The molecule has 1 atom stereocenters. The van der Waals surface area contributed by atoms with Crippen molar-refractivity contribution in [3.8, 4) is 11.6 Å². The van der Waals surface area contributed by atoms with Crippen LogP contribution in [0, 0.1) is 0 Å². The molecule has 10 nitrogen and oxygen atoms in total. The van der Waals surface area contributed by atoms with Crippen molar-refractivity contribution in [1.82, 2.24) is 19.2 Å². The number of hydrogen-bond donors (Lipinski definition) is 1. The minimum Gasteiger partial charge on any atom is -0.484 e. The summed E-state index contributed by atoms with van der Waals surface area (Å²) in [4.78, 5) is 22.3. The third-order valence-corrected chi connectivity index (χ3v) is 7.54. The lowest BCUT2D eigenvalue weighted by Gasteiger charge is -2.24. The maximum absolute atomic E-state index is 13.1. The number of pyridine rings is 2. The van der Waals surface area contributed by atoms with Crippen molar-refractivity contribution >= 4 is 27.5 Å². The van der Waals surface area contributed by atoms with E-state index in [9.17, 15) is 18.3 Å². The van der Waals surface area contributed by atoms with Gasteiger partial charge in [-0.15, -0.1) is 0 Å². The van der Waals surface area contributed by atoms with Crippen LogP contribution in [0.4, 0.5) is 0 Å². The Morgan fingerprint density at radius 3 is 2.56 bits per heavy atom. The number of halogens is 1. The molecule has 1 N–H and O–H groups in total. The predicted octanol–water partition coefficient (Wildman–Crippen LogP) is 0.778. The topological polar surface area (TPSA) is 122 Å². The molecule has 3 aliphatic rings. The average molecular weight is 479 g/mol. The number of hydrogen-bond acceptors (Lipinski definition) is 8. The van der Waals surface area contributed by atoms with Crippen LogP contribution in [0.2, 0.25) is 5.15 Å². The lowest BCUT2D eigenvalue weighted by Crippen LogP contribution is -2.38. The van der Waals surface area contributed by atoms with Crippen LogP contribution in [0.5, 0.6) is 11.6 Å². The predicted molar refractivity (Wildman–Crippen MR) is 112 cm³/mol. The molecule has 0 bridgehead atoms. The van der Waals surface area contributed by atoms with E-state index in [0.717, 1.165) is 11.1 Å². The van der Waals surface area contributed by atoms with Crippen molar-refractivity contribution < 1.29 is 27.8 Å². The second kappa shape index (κ2) is 8.00. The number of carbonyl (C=O) groups is 1. The zero-order chi connectivity index (χ0) is 22.5. The van der Waals surface area contributed by atoms with Gasteiger partial charge in [-0.2, -0.15) is 4.31 Å². The van der Waals surface area contributed by atoms with E-state index in [1.54, 1.807) is 12.1 Å². The Morgan fingerprint density at radius 1 is 1.12 bits per heavy atom. The van der Waals surface area contributed by atoms with E-state index in [1.807, 2.05) is 0 Å². The number of aromatic nitrogens is 2. The molecule has 3 aliphatic heterocycles. The van der Waals surface area contributed by atoms with Crippen molar-refractivity contribution in [2.24, 2.45) is 0 Å². The van der Waals surface area contributed by atoms with Gasteiger partial charge in [0.1, 0.15) is 23.3 Å². The van der Waals surface area contributed by atoms with Crippen LogP contribution in [0.1, 0.15) is 11.8 Å². The van der Waals surface area contributed by atoms with Gasteiger partial charge in [0.15, 0.2) is 11.9 Å². The van der Waals surface area contributed by atoms with Gasteiger partial charge in [-0.25, -0.2) is 18.4 Å². The molecule has 32 heavy (non-hydrogen) atoms. The number of aliphatic hydroxyl groups excluding tert-OH is 1. The molecule has 2 aromatic heterocycles. The molecule has 0 fully saturated rings. The minimum atomic E-state index is -3.80. The van der Waals surface area contributed by atoms with Crippen LogP contribution in [-0.2, 0) is 14.8 Å². The summed E-state index contributed by atoms with van der Waals surface area (Å²) in [6.07, 6.45) is -0.173. The van der Waals surface area contributed by atoms with Gasteiger partial charge in [-0.05, 0) is 23.3 Å². The number of sulfonamides is 1. The lowest BCUT2D eigenvalue weighted by molar-refractivity contribution is -0.139. The quantitative estimate of drug-likeness (QED) is 0.505. The fourth-order valence-corrected chi connectivity index (χ4v) is 5.51. The SMILES string of the molecule is O=C(C(O)c1cccc(Cl)n1)N1CC2=C(C1)CN(S(=O)(=O)c1cnc3c(c1)OCCO3)C2. The van der Waals surface area contributed by atoms with Crippen LogP contribution >= 0.6 is 11.6 Å². The highest BCUT2D eigenvalue weighted by molar-refractivity contribution is 7.89. The van der Waals surface area contributed by atoms with E-state index in [0.29, 0.717) is 19.0 Å². The van der Waals surface area contributed by atoms with E-state index >= 15 is 0 Å². The molecule has 2 aromatic rings. The first-order valence-corrected chi connectivity index (χ1v) is 11.7. The van der Waals surface area contributed by atoms with E-state index in [1.165, 1.54) is 27.5 Å². The van der Waals surface area contributed by atoms with E-state index in [4.69, 9.17) is 21.1 Å². The van der Waals surface area contributed by atoms with Gasteiger partial charge in [0.2, 0.25) is 10.0 Å². The standard InChI is InChI=1S/C20H19ClN4O6S/c21-17-3-1-2-15(23-17)18(26)20(27)24-8-12-10-25(11-13(12)9-24)32(28,29)14-6-16-19(22-7-14)31-5-4-30-16/h1-3,6-7,18,26H,4-5,8-11H2. The zero-order valence-corrected chi connectivity index (χ0v) is 18.3. The Kier molecular flexibility index (Phi) is 5.28. The normalized spacial score (nSPS) is 19.2. The molecule has 5 heterocycles. The highest BCUT2D eigenvalue weighted by atomic mass is 35.5. The molecule has 168 valence electrons. The van der Waals surface area contributed by atoms with Gasteiger partial charge < -0.3 is 19.5 Å². The number of amides is 1. The Bertz CT molecular complexity index is 1220. The monoisotopic (exact) mass is 478 g/mol. The van der Waals surface area contributed by atoms with Crippen molar-refractivity contribution in [3.05, 3.63) is 52.5 Å². The second-order valence-corrected chi connectivity index (χ2v) is 9.96. The largest absolute Gasteiger partial charge is 0.484 e. The third-order valence-electron chi connectivity index (χ3n) is 5.57. The van der Waals surface area contributed by atoms with Gasteiger partial charge in [0.05, 0.1) is 11.9 Å². The Balaban J connectivity index is 1.26. The second-order valence-electron chi connectivity index (χ2n) is 7.63. The van der Waals surface area contributed by atoms with Gasteiger partial charge >= 0.3 is 0 Å². The number of aliphatic hydroxyl groups is 1. The molecule has 0 saturated carbocycles. The van der Waals surface area contributed by atoms with E-state index < -0.39 is 22.0 Å². The number of ether oxygens (including phenoxy) is 2. The average Bonchev–Trinajstić information content (AvgIpc) is 3.38. The highest BCUT2D eigenvalue weighted by Gasteiger charge is 2.39. The molecule has 1 unspecified atom stereocenters. The number of nitrogens with zero attached hydrogens (tertiary/aromatic N) is 4. The summed E-state index contributed by atoms with van der Waals surface area (Å²) in [5.74, 6) is 0.0798. The molecule has 0 spiro atoms. The zero-order valence-electron chi connectivity index (χ0n) is 16.8. The van der Waals surface area contributed by atoms with Crippen molar-refractivity contribution in [3.63, 3.8) is 0 Å². The maximum Gasteiger partial charge on any atom is 0.258 e. The summed E-state index contributed by atoms with van der Waals surface area (Å²) in [5.41, 5.74) is 1.86. The maximum atomic E-state index is 13.1. The van der Waals surface area contributed by atoms with Crippen LogP contribution < -0.4 is 9.47 Å². The molecule has 0 radical (unpaired) electrons. The van der Waals surface area contributed by atoms with Crippen LogP contribution in [-0.4, -0.2) is 78.0 Å². The lowest BCUT2D eigenvalue weighted by atomic mass is 10.2. The fourth-order valence-electron chi connectivity index (χ4n) is 3.95. The minimum absolute atomic E-state index is 0.0262. The number of fused-ring (bicyclic) bond motifs is 1. The Hall–Kier alpha value is -2.73. The molecule has 0 aromatic carbocycles. The molecule has 12 heteroatoms. The van der Waals surface area contributed by atoms with Gasteiger partial charge in [0.25, 0.3) is 11.8 Å². The van der Waals surface area contributed by atoms with Crippen molar-refractivity contribution in [2.75, 3.05) is 39.4 Å². The van der Waals surface area contributed by atoms with Crippen LogP contribution in [0.15, 0.2) is 46.5 Å². The highest BCUT2D eigenvalue weighted by Crippen LogP contribution is 2.34. The molecule has 0 aliphatic carbocycles. The summed E-state index contributed by atoms with van der Waals surface area (Å²) in [6, 6.07) is 6.12. The molecular formula is C20H19ClN4O6S. The molecule has 1 amide bonds. The summed E-state index contributed by atoms with van der Waals surface area (Å²) in [7, 11) is -3.80. The van der Waals surface area contributed by atoms with Crippen LogP contribution in [0.3, 0.4) is 0 Å². The Labute approximate surface area is 189 Å². The van der Waals surface area contributed by atoms with E-state index in [2.05, 4.69) is 9.97 Å². The summed E-state index contributed by atoms with van der Waals surface area (Å²) in [5, 5.41) is 10.6. The Morgan fingerprint density at radius 2 is 1.84 bits per heavy atom. The van der Waals surface area contributed by atoms with Crippen LogP contribution in [0.25, 0.3) is 0 Å². The number of carbonyl (C=O) groups excluding carboxylic acids is 1. The third kappa shape index (κ3) is 3.71. The molecule has 0 saturated heterocycles. The van der Waals surface area contributed by atoms with E-state index in [-0.39, 0.29) is 47.8 Å². The first kappa shape index (κ1) is 21.1. The van der Waals surface area contributed by atoms with Gasteiger partial charge in [-0.3, -0.25) is 4.79 Å². The fraction of sp³-hybridized carbons (Fsp3) is 0.350. The summed E-state index contributed by atoms with van der Waals surface area (Å²) < 4.78 is 38.4. The number of rotatable bonds is 4. The molecule has 5 rings (SSSR count). The van der Waals surface area contributed by atoms with Crippen molar-refractivity contribution in [1.29, 1.82) is 0 Å². The first-order valence-electron chi connectivity index (χ1n) is 9.88. The summed E-state index contributed by atoms with van der Waals surface area (Å²) in [6.45, 7) is 1.53. The summed E-state index contributed by atoms with van der Waals surface area (Å²) >= 11 is 5.84.